The lowest BCUT2D eigenvalue weighted by molar-refractivity contribution is 0.0376. The minimum absolute atomic E-state index is 0.860. The van der Waals surface area contributed by atoms with Gasteiger partial charge in [-0.3, -0.25) is 14.7 Å². The zero-order valence-electron chi connectivity index (χ0n) is 22.9. The van der Waals surface area contributed by atoms with Crippen molar-refractivity contribution in [2.24, 2.45) is 0 Å². The molecule has 0 amide bonds. The SMILES string of the molecule is C(#CCN1CCOCC1)CCCN1CCOCC1.CCN(CC)CCCC#CCN1CCCCC1. The number of hydrogen-bond donors (Lipinski definition) is 0. The summed E-state index contributed by atoms with van der Waals surface area (Å²) in [4.78, 5) is 9.78. The van der Waals surface area contributed by atoms with Crippen LogP contribution in [0.15, 0.2) is 0 Å². The van der Waals surface area contributed by atoms with Crippen LogP contribution >= 0.6 is 0 Å². The first-order chi connectivity index (χ1) is 17.3. The average molecular weight is 489 g/mol. The van der Waals surface area contributed by atoms with Gasteiger partial charge in [0.25, 0.3) is 0 Å². The zero-order valence-corrected chi connectivity index (χ0v) is 22.9. The summed E-state index contributed by atoms with van der Waals surface area (Å²) in [6, 6.07) is 0. The summed E-state index contributed by atoms with van der Waals surface area (Å²) in [5.74, 6) is 13.2. The van der Waals surface area contributed by atoms with E-state index in [0.717, 1.165) is 98.2 Å². The molecule has 0 radical (unpaired) electrons. The molecule has 3 aliphatic rings. The quantitative estimate of drug-likeness (QED) is 0.347. The molecule has 0 aromatic heterocycles. The van der Waals surface area contributed by atoms with Crippen molar-refractivity contribution in [3.05, 3.63) is 0 Å². The van der Waals surface area contributed by atoms with Gasteiger partial charge >= 0.3 is 0 Å². The fourth-order valence-corrected chi connectivity index (χ4v) is 4.54. The highest BCUT2D eigenvalue weighted by Gasteiger charge is 2.09. The number of unbranched alkanes of at least 4 members (excludes halogenated alkanes) is 2. The monoisotopic (exact) mass is 488 g/mol. The van der Waals surface area contributed by atoms with Crippen molar-refractivity contribution in [3.63, 3.8) is 0 Å². The van der Waals surface area contributed by atoms with Crippen LogP contribution < -0.4 is 0 Å². The van der Waals surface area contributed by atoms with Crippen LogP contribution in [0.4, 0.5) is 0 Å². The second kappa shape index (κ2) is 21.0. The minimum atomic E-state index is 0.860. The van der Waals surface area contributed by atoms with Crippen LogP contribution in [0.25, 0.3) is 0 Å². The number of hydrogen-bond acceptors (Lipinski definition) is 6. The fraction of sp³-hybridized carbons (Fsp3) is 0.862. The molecular weight excluding hydrogens is 436 g/mol. The third-order valence-corrected chi connectivity index (χ3v) is 6.96. The summed E-state index contributed by atoms with van der Waals surface area (Å²) >= 11 is 0. The zero-order chi connectivity index (χ0) is 24.8. The third kappa shape index (κ3) is 15.6. The summed E-state index contributed by atoms with van der Waals surface area (Å²) in [7, 11) is 0. The molecule has 6 heteroatoms. The van der Waals surface area contributed by atoms with Crippen LogP contribution in [-0.4, -0.2) is 125 Å². The van der Waals surface area contributed by atoms with Gasteiger partial charge in [0.05, 0.1) is 39.5 Å². The summed E-state index contributed by atoms with van der Waals surface area (Å²) < 4.78 is 10.6. The highest BCUT2D eigenvalue weighted by molar-refractivity contribution is 5.02. The van der Waals surface area contributed by atoms with Gasteiger partial charge in [0.15, 0.2) is 0 Å². The number of rotatable bonds is 10. The number of ether oxygens (including phenoxy) is 2. The van der Waals surface area contributed by atoms with E-state index in [9.17, 15) is 0 Å². The molecule has 0 aromatic carbocycles. The second-order valence-electron chi connectivity index (χ2n) is 9.62. The lowest BCUT2D eigenvalue weighted by Gasteiger charge is -2.26. The van der Waals surface area contributed by atoms with Crippen molar-refractivity contribution in [2.45, 2.75) is 58.8 Å². The van der Waals surface area contributed by atoms with Gasteiger partial charge in [-0.1, -0.05) is 32.1 Å². The molecule has 0 spiro atoms. The molecule has 200 valence electrons. The van der Waals surface area contributed by atoms with Crippen molar-refractivity contribution in [1.29, 1.82) is 0 Å². The Labute approximate surface area is 216 Å². The first-order valence-corrected chi connectivity index (χ1v) is 14.3. The van der Waals surface area contributed by atoms with Crippen molar-refractivity contribution >= 4 is 0 Å². The van der Waals surface area contributed by atoms with E-state index in [0.29, 0.717) is 0 Å². The minimum Gasteiger partial charge on any atom is -0.379 e. The lowest BCUT2D eigenvalue weighted by Crippen LogP contribution is -2.36. The Balaban J connectivity index is 0.000000247. The summed E-state index contributed by atoms with van der Waals surface area (Å²) in [5.41, 5.74) is 0. The molecule has 3 rings (SSSR count). The maximum absolute atomic E-state index is 5.33. The fourth-order valence-electron chi connectivity index (χ4n) is 4.54. The van der Waals surface area contributed by atoms with Crippen molar-refractivity contribution in [1.82, 2.24) is 19.6 Å². The van der Waals surface area contributed by atoms with Crippen LogP contribution in [0.5, 0.6) is 0 Å². The first kappa shape index (κ1) is 30.1. The first-order valence-electron chi connectivity index (χ1n) is 14.3. The number of piperidine rings is 1. The van der Waals surface area contributed by atoms with E-state index in [4.69, 9.17) is 9.47 Å². The van der Waals surface area contributed by atoms with Crippen LogP contribution in [0, 0.1) is 23.7 Å². The molecule has 6 nitrogen and oxygen atoms in total. The van der Waals surface area contributed by atoms with Gasteiger partial charge in [0, 0.05) is 39.0 Å². The molecule has 0 N–H and O–H groups in total. The molecule has 0 saturated carbocycles. The maximum atomic E-state index is 5.33. The third-order valence-electron chi connectivity index (χ3n) is 6.96. The van der Waals surface area contributed by atoms with Crippen molar-refractivity contribution in [2.75, 3.05) is 105 Å². The summed E-state index contributed by atoms with van der Waals surface area (Å²) in [6.45, 7) is 21.3. The van der Waals surface area contributed by atoms with Crippen LogP contribution in [0.2, 0.25) is 0 Å². The standard InChI is InChI=1S/C15H28N2.C14H24N2O2/c1-3-16(4-2)12-8-5-6-9-13-17-14-10-7-11-15-17;1(3-5-15-7-11-17-12-8-15)2-4-6-16-9-13-18-14-10-16/h3-5,7-8,10-15H2,1-2H3;1,3,5-14H2. The summed E-state index contributed by atoms with van der Waals surface area (Å²) in [5, 5.41) is 0. The molecule has 3 saturated heterocycles. The number of likely N-dealkylation sites (tertiary alicyclic amines) is 1. The lowest BCUT2D eigenvalue weighted by atomic mass is 10.1. The number of nitrogens with zero attached hydrogens (tertiary/aromatic N) is 4. The Morgan fingerprint density at radius 1 is 0.600 bits per heavy atom. The molecule has 3 fully saturated rings. The largest absolute Gasteiger partial charge is 0.379 e. The highest BCUT2D eigenvalue weighted by atomic mass is 16.5. The Bertz CT molecular complexity index is 614. The van der Waals surface area contributed by atoms with E-state index in [2.05, 4.69) is 57.1 Å². The van der Waals surface area contributed by atoms with E-state index < -0.39 is 0 Å². The molecule has 0 aliphatic carbocycles. The van der Waals surface area contributed by atoms with E-state index in [1.807, 2.05) is 0 Å². The molecule has 0 aromatic rings. The van der Waals surface area contributed by atoms with Gasteiger partial charge in [0.1, 0.15) is 0 Å². The topological polar surface area (TPSA) is 31.4 Å². The average Bonchev–Trinajstić information content (AvgIpc) is 2.92. The summed E-state index contributed by atoms with van der Waals surface area (Å²) in [6.07, 6.45) is 8.61. The Hall–Kier alpha value is -1.12. The van der Waals surface area contributed by atoms with E-state index >= 15 is 0 Å². The molecule has 3 aliphatic heterocycles. The molecule has 0 unspecified atom stereocenters. The van der Waals surface area contributed by atoms with Gasteiger partial charge in [-0.2, -0.15) is 0 Å². The van der Waals surface area contributed by atoms with Crippen LogP contribution in [-0.2, 0) is 9.47 Å². The Kier molecular flexibility index (Phi) is 18.1. The maximum Gasteiger partial charge on any atom is 0.0603 e. The van der Waals surface area contributed by atoms with E-state index in [1.165, 1.54) is 51.7 Å². The molecule has 3 heterocycles. The van der Waals surface area contributed by atoms with Crippen molar-refractivity contribution in [3.8, 4) is 23.7 Å². The normalized spacial score (nSPS) is 19.7. The van der Waals surface area contributed by atoms with Crippen molar-refractivity contribution < 1.29 is 9.47 Å². The molecule has 0 bridgehead atoms. The smallest absolute Gasteiger partial charge is 0.0603 e. The highest BCUT2D eigenvalue weighted by Crippen LogP contribution is 2.07. The Morgan fingerprint density at radius 3 is 1.69 bits per heavy atom. The van der Waals surface area contributed by atoms with Crippen LogP contribution in [0.1, 0.15) is 58.8 Å². The van der Waals surface area contributed by atoms with Gasteiger partial charge in [-0.05, 0) is 65.0 Å². The second-order valence-corrected chi connectivity index (χ2v) is 9.62. The van der Waals surface area contributed by atoms with Gasteiger partial charge in [-0.15, -0.1) is 11.8 Å². The number of morpholine rings is 2. The predicted octanol–water partition coefficient (Wildman–Crippen LogP) is 3.03. The molecule has 0 atom stereocenters. The van der Waals surface area contributed by atoms with Crippen LogP contribution in [0.3, 0.4) is 0 Å². The van der Waals surface area contributed by atoms with Gasteiger partial charge < -0.3 is 14.4 Å². The van der Waals surface area contributed by atoms with Gasteiger partial charge in [0.2, 0.25) is 0 Å². The van der Waals surface area contributed by atoms with E-state index in [-0.39, 0.29) is 0 Å². The van der Waals surface area contributed by atoms with Gasteiger partial charge in [-0.25, -0.2) is 0 Å². The van der Waals surface area contributed by atoms with E-state index in [1.54, 1.807) is 0 Å². The molecular formula is C29H52N4O2. The molecule has 35 heavy (non-hydrogen) atoms. The Morgan fingerprint density at radius 2 is 1.11 bits per heavy atom. The predicted molar refractivity (Wildman–Crippen MR) is 147 cm³/mol.